The number of Topliss-reactive ketones (excluding diaryl/α,β-unsaturated/α-hetero) is 1. The largest absolute Gasteiger partial charge is 0.370 e. The second-order valence-corrected chi connectivity index (χ2v) is 8.06. The Morgan fingerprint density at radius 3 is 2.27 bits per heavy atom. The molecule has 1 fully saturated rings. The molecule has 154 valence electrons. The summed E-state index contributed by atoms with van der Waals surface area (Å²) in [7, 11) is 0. The number of carbonyl (C=O) groups excluding carboxylic acids is 1. The number of nitrogens with zero attached hydrogens (tertiary/aromatic N) is 2. The predicted molar refractivity (Wildman–Crippen MR) is 119 cm³/mol. The van der Waals surface area contributed by atoms with Crippen LogP contribution in [-0.4, -0.2) is 29.9 Å². The molecule has 5 heteroatoms. The molecule has 30 heavy (non-hydrogen) atoms. The van der Waals surface area contributed by atoms with E-state index in [0.29, 0.717) is 5.56 Å². The van der Waals surface area contributed by atoms with E-state index < -0.39 is 0 Å². The van der Waals surface area contributed by atoms with Gasteiger partial charge in [-0.15, -0.1) is 0 Å². The van der Waals surface area contributed by atoms with Crippen molar-refractivity contribution in [3.63, 3.8) is 0 Å². The quantitative estimate of drug-likeness (QED) is 0.623. The lowest BCUT2D eigenvalue weighted by atomic mass is 9.94. The molecule has 2 heterocycles. The molecule has 0 amide bonds. The molecular weight excluding hydrogens is 377 g/mol. The Balaban J connectivity index is 1.88. The molecule has 1 aromatic heterocycles. The van der Waals surface area contributed by atoms with Gasteiger partial charge in [-0.3, -0.25) is 9.78 Å². The van der Waals surface area contributed by atoms with E-state index in [-0.39, 0.29) is 17.6 Å². The van der Waals surface area contributed by atoms with Gasteiger partial charge < -0.3 is 10.6 Å². The first-order valence-electron chi connectivity index (χ1n) is 10.3. The first kappa shape index (κ1) is 20.2. The minimum atomic E-state index is -0.257. The van der Waals surface area contributed by atoms with Gasteiger partial charge in [0.15, 0.2) is 5.78 Å². The normalized spacial score (nSPS) is 14.7. The summed E-state index contributed by atoms with van der Waals surface area (Å²) >= 11 is 0. The predicted octanol–water partition coefficient (Wildman–Crippen LogP) is 4.99. The lowest BCUT2D eigenvalue weighted by Crippen LogP contribution is -2.40. The molecule has 1 aliphatic heterocycles. The summed E-state index contributed by atoms with van der Waals surface area (Å²) in [6, 6.07) is 12.9. The number of halogens is 1. The highest BCUT2D eigenvalue weighted by Gasteiger charge is 2.23. The van der Waals surface area contributed by atoms with E-state index in [0.717, 1.165) is 59.4 Å². The zero-order valence-electron chi connectivity index (χ0n) is 17.4. The highest BCUT2D eigenvalue weighted by atomic mass is 19.1. The van der Waals surface area contributed by atoms with Gasteiger partial charge in [-0.2, -0.15) is 0 Å². The molecule has 2 N–H and O–H groups in total. The Morgan fingerprint density at radius 2 is 1.67 bits per heavy atom. The molecule has 1 saturated heterocycles. The number of benzene rings is 2. The van der Waals surface area contributed by atoms with Crippen molar-refractivity contribution in [3.8, 4) is 22.3 Å². The zero-order chi connectivity index (χ0) is 21.3. The van der Waals surface area contributed by atoms with Crippen LogP contribution in [0.2, 0.25) is 0 Å². The number of nitrogens with two attached hydrogens (primary N) is 1. The highest BCUT2D eigenvalue weighted by molar-refractivity contribution is 5.95. The SMILES string of the molecule is CC(=O)c1ccc(-c2cncc(-c3cc(C)cc(F)c3)c2N2CCC(N)CC2)cc1. The van der Waals surface area contributed by atoms with E-state index in [1.807, 2.05) is 49.6 Å². The summed E-state index contributed by atoms with van der Waals surface area (Å²) in [6.07, 6.45) is 5.48. The standard InChI is InChI=1S/C25H26FN3O/c1-16-11-20(13-21(26)12-16)24-15-28-14-23(19-5-3-18(4-6-19)17(2)30)25(24)29-9-7-22(27)8-10-29/h3-6,11-15,22H,7-10,27H2,1-2H3. The zero-order valence-corrected chi connectivity index (χ0v) is 17.4. The third-order valence-electron chi connectivity index (χ3n) is 5.73. The van der Waals surface area contributed by atoms with Crippen LogP contribution in [0.5, 0.6) is 0 Å². The molecule has 0 unspecified atom stereocenters. The van der Waals surface area contributed by atoms with Crippen LogP contribution in [0, 0.1) is 12.7 Å². The van der Waals surface area contributed by atoms with Crippen LogP contribution in [0.3, 0.4) is 0 Å². The molecule has 3 aromatic rings. The van der Waals surface area contributed by atoms with Crippen molar-refractivity contribution in [1.29, 1.82) is 0 Å². The fourth-order valence-electron chi connectivity index (χ4n) is 4.12. The topological polar surface area (TPSA) is 59.2 Å². The third-order valence-corrected chi connectivity index (χ3v) is 5.73. The Bertz CT molecular complexity index is 1050. The Morgan fingerprint density at radius 1 is 1.03 bits per heavy atom. The maximum absolute atomic E-state index is 14.2. The van der Waals surface area contributed by atoms with Crippen LogP contribution in [0.1, 0.15) is 35.7 Å². The van der Waals surface area contributed by atoms with Crippen molar-refractivity contribution in [2.24, 2.45) is 5.73 Å². The van der Waals surface area contributed by atoms with Gasteiger partial charge in [-0.1, -0.05) is 30.3 Å². The Hall–Kier alpha value is -3.05. The summed E-state index contributed by atoms with van der Waals surface area (Å²) < 4.78 is 14.2. The molecule has 4 rings (SSSR count). The van der Waals surface area contributed by atoms with Gasteiger partial charge in [0.25, 0.3) is 0 Å². The Labute approximate surface area is 176 Å². The summed E-state index contributed by atoms with van der Waals surface area (Å²) in [5.41, 5.74) is 12.4. The van der Waals surface area contributed by atoms with Crippen molar-refractivity contribution in [2.45, 2.75) is 32.7 Å². The number of anilines is 1. The van der Waals surface area contributed by atoms with Crippen molar-refractivity contribution in [2.75, 3.05) is 18.0 Å². The van der Waals surface area contributed by atoms with Crippen LogP contribution in [0.15, 0.2) is 54.9 Å². The molecule has 0 atom stereocenters. The number of pyridine rings is 1. The highest BCUT2D eigenvalue weighted by Crippen LogP contribution is 2.40. The number of carbonyl (C=O) groups is 1. The molecular formula is C25H26FN3O. The van der Waals surface area contributed by atoms with Gasteiger partial charge in [0, 0.05) is 48.2 Å². The lowest BCUT2D eigenvalue weighted by Gasteiger charge is -2.35. The van der Waals surface area contributed by atoms with Crippen molar-refractivity contribution in [1.82, 2.24) is 4.98 Å². The molecule has 0 saturated carbocycles. The number of hydrogen-bond acceptors (Lipinski definition) is 4. The van der Waals surface area contributed by atoms with E-state index in [1.54, 1.807) is 13.0 Å². The molecule has 2 aromatic carbocycles. The van der Waals surface area contributed by atoms with Crippen LogP contribution in [0.25, 0.3) is 22.3 Å². The third kappa shape index (κ3) is 4.12. The second-order valence-electron chi connectivity index (χ2n) is 8.06. The van der Waals surface area contributed by atoms with Crippen LogP contribution in [-0.2, 0) is 0 Å². The number of aromatic nitrogens is 1. The maximum atomic E-state index is 14.2. The summed E-state index contributed by atoms with van der Waals surface area (Å²) in [5.74, 6) is -0.221. The van der Waals surface area contributed by atoms with Gasteiger partial charge in [0.1, 0.15) is 5.82 Å². The summed E-state index contributed by atoms with van der Waals surface area (Å²) in [4.78, 5) is 18.5. The number of aryl methyl sites for hydroxylation is 1. The molecule has 0 spiro atoms. The van der Waals surface area contributed by atoms with Crippen LogP contribution >= 0.6 is 0 Å². The van der Waals surface area contributed by atoms with Gasteiger partial charge >= 0.3 is 0 Å². The maximum Gasteiger partial charge on any atom is 0.159 e. The first-order chi connectivity index (χ1) is 14.4. The van der Waals surface area contributed by atoms with Crippen molar-refractivity contribution < 1.29 is 9.18 Å². The van der Waals surface area contributed by atoms with Gasteiger partial charge in [-0.05, 0) is 55.5 Å². The van der Waals surface area contributed by atoms with E-state index in [9.17, 15) is 9.18 Å². The number of hydrogen-bond donors (Lipinski definition) is 1. The van der Waals surface area contributed by atoms with Gasteiger partial charge in [0.05, 0.1) is 5.69 Å². The number of ketones is 1. The number of piperidine rings is 1. The Kier molecular flexibility index (Phi) is 5.64. The van der Waals surface area contributed by atoms with Crippen LogP contribution in [0.4, 0.5) is 10.1 Å². The molecule has 0 radical (unpaired) electrons. The lowest BCUT2D eigenvalue weighted by molar-refractivity contribution is 0.101. The molecule has 1 aliphatic rings. The van der Waals surface area contributed by atoms with Crippen LogP contribution < -0.4 is 10.6 Å². The smallest absolute Gasteiger partial charge is 0.159 e. The number of rotatable bonds is 4. The average molecular weight is 404 g/mol. The first-order valence-corrected chi connectivity index (χ1v) is 10.3. The fourth-order valence-corrected chi connectivity index (χ4v) is 4.12. The summed E-state index contributed by atoms with van der Waals surface area (Å²) in [6.45, 7) is 5.13. The fraction of sp³-hybridized carbons (Fsp3) is 0.280. The molecule has 0 bridgehead atoms. The second kappa shape index (κ2) is 8.36. The van der Waals surface area contributed by atoms with Crippen molar-refractivity contribution in [3.05, 3.63) is 71.8 Å². The van der Waals surface area contributed by atoms with E-state index in [2.05, 4.69) is 9.88 Å². The van der Waals surface area contributed by atoms with Gasteiger partial charge in [0.2, 0.25) is 0 Å². The molecule has 4 nitrogen and oxygen atoms in total. The minimum Gasteiger partial charge on any atom is -0.370 e. The van der Waals surface area contributed by atoms with E-state index >= 15 is 0 Å². The molecule has 0 aliphatic carbocycles. The monoisotopic (exact) mass is 403 g/mol. The van der Waals surface area contributed by atoms with Gasteiger partial charge in [-0.25, -0.2) is 4.39 Å². The minimum absolute atomic E-state index is 0.0360. The average Bonchev–Trinajstić information content (AvgIpc) is 2.73. The van der Waals surface area contributed by atoms with E-state index in [4.69, 9.17) is 5.73 Å². The van der Waals surface area contributed by atoms with E-state index in [1.165, 1.54) is 6.07 Å². The summed E-state index contributed by atoms with van der Waals surface area (Å²) in [5, 5.41) is 0. The van der Waals surface area contributed by atoms with Crippen molar-refractivity contribution >= 4 is 11.5 Å².